The molecular weight excluding hydrogens is 405 g/mol. The molecule has 1 aliphatic heterocycles. The summed E-state index contributed by atoms with van der Waals surface area (Å²) in [5.74, 6) is -1.83. The number of rotatable bonds is 3. The first-order valence-corrected chi connectivity index (χ1v) is 7.72. The Hall–Kier alpha value is -2.55. The number of anilines is 1. The van der Waals surface area contributed by atoms with Crippen molar-refractivity contribution in [3.63, 3.8) is 0 Å². The number of benzene rings is 2. The average molecular weight is 415 g/mol. The van der Waals surface area contributed by atoms with E-state index in [1.807, 2.05) is 0 Å². The van der Waals surface area contributed by atoms with Crippen molar-refractivity contribution < 1.29 is 27.4 Å². The normalized spacial score (nSPS) is 15.2. The number of nitrogens with one attached hydrogen (secondary N) is 1. The fourth-order valence-corrected chi connectivity index (χ4v) is 2.50. The number of aliphatic imine (C=N–C) groups is 1. The molecule has 0 aliphatic carbocycles. The summed E-state index contributed by atoms with van der Waals surface area (Å²) in [5, 5.41) is 2.38. The molecule has 0 saturated carbocycles. The van der Waals surface area contributed by atoms with Crippen LogP contribution in [0.25, 0.3) is 0 Å². The highest BCUT2D eigenvalue weighted by atomic mass is 79.9. The van der Waals surface area contributed by atoms with E-state index in [0.717, 1.165) is 6.07 Å². The van der Waals surface area contributed by atoms with Gasteiger partial charge in [-0.05, 0) is 46.3 Å². The van der Waals surface area contributed by atoms with Crippen LogP contribution in [-0.2, 0) is 0 Å². The van der Waals surface area contributed by atoms with Gasteiger partial charge in [0.15, 0.2) is 17.3 Å². The van der Waals surface area contributed by atoms with Gasteiger partial charge < -0.3 is 14.8 Å². The monoisotopic (exact) mass is 414 g/mol. The van der Waals surface area contributed by atoms with Crippen molar-refractivity contribution in [2.45, 2.75) is 6.29 Å². The van der Waals surface area contributed by atoms with Crippen molar-refractivity contribution in [1.29, 1.82) is 0 Å². The molecule has 2 aromatic carbocycles. The summed E-state index contributed by atoms with van der Waals surface area (Å²) in [6.45, 7) is 0. The first-order valence-electron chi connectivity index (χ1n) is 6.93. The molecule has 1 aliphatic rings. The smallest absolute Gasteiger partial charge is 0.395 e. The largest absolute Gasteiger partial charge is 0.586 e. The predicted octanol–water partition coefficient (Wildman–Crippen LogP) is 4.17. The van der Waals surface area contributed by atoms with Gasteiger partial charge in [-0.3, -0.25) is 9.79 Å². The lowest BCUT2D eigenvalue weighted by Crippen LogP contribution is -2.25. The van der Waals surface area contributed by atoms with Crippen LogP contribution in [0.5, 0.6) is 11.5 Å². The van der Waals surface area contributed by atoms with Crippen LogP contribution in [0.1, 0.15) is 15.9 Å². The van der Waals surface area contributed by atoms with E-state index in [1.165, 1.54) is 31.3 Å². The number of ether oxygens (including phenoxy) is 2. The number of amides is 1. The first-order chi connectivity index (χ1) is 11.8. The minimum Gasteiger partial charge on any atom is -0.395 e. The molecule has 0 radical (unpaired) electrons. The first kappa shape index (κ1) is 17.3. The van der Waals surface area contributed by atoms with E-state index < -0.39 is 18.0 Å². The minimum absolute atomic E-state index is 0.00748. The van der Waals surface area contributed by atoms with Gasteiger partial charge in [0.25, 0.3) is 5.91 Å². The van der Waals surface area contributed by atoms with Crippen LogP contribution < -0.4 is 14.8 Å². The standard InChI is InChI=1S/C16H10BrF3N2O3/c1-21-14(17)9-3-2-4-10(13(9)18)22-15(23)8-5-6-11-12(7-8)25-16(19,20)24-11/h2-7H,1H3,(H,22,23). The van der Waals surface area contributed by atoms with Crippen LogP contribution in [0.4, 0.5) is 18.9 Å². The summed E-state index contributed by atoms with van der Waals surface area (Å²) in [7, 11) is 1.48. The van der Waals surface area contributed by atoms with E-state index in [9.17, 15) is 18.0 Å². The molecule has 2 aromatic rings. The number of nitrogens with zero attached hydrogens (tertiary/aromatic N) is 1. The molecule has 5 nitrogen and oxygen atoms in total. The van der Waals surface area contributed by atoms with Crippen molar-refractivity contribution >= 4 is 32.1 Å². The van der Waals surface area contributed by atoms with E-state index in [1.54, 1.807) is 6.07 Å². The Bertz CT molecular complexity index is 887. The second kappa shape index (κ2) is 6.40. The van der Waals surface area contributed by atoms with Crippen LogP contribution in [-0.4, -0.2) is 23.9 Å². The minimum atomic E-state index is -3.77. The van der Waals surface area contributed by atoms with Gasteiger partial charge >= 0.3 is 6.29 Å². The third kappa shape index (κ3) is 3.46. The van der Waals surface area contributed by atoms with Crippen LogP contribution in [0, 0.1) is 5.82 Å². The molecule has 1 heterocycles. The molecule has 0 atom stereocenters. The Morgan fingerprint density at radius 2 is 1.92 bits per heavy atom. The molecule has 0 bridgehead atoms. The quantitative estimate of drug-likeness (QED) is 0.766. The third-order valence-corrected chi connectivity index (χ3v) is 4.11. The molecule has 1 amide bonds. The lowest BCUT2D eigenvalue weighted by atomic mass is 10.1. The van der Waals surface area contributed by atoms with Crippen molar-refractivity contribution in [2.24, 2.45) is 4.99 Å². The number of fused-ring (bicyclic) bond motifs is 1. The van der Waals surface area contributed by atoms with Gasteiger partial charge in [-0.2, -0.15) is 0 Å². The van der Waals surface area contributed by atoms with E-state index >= 15 is 0 Å². The molecule has 25 heavy (non-hydrogen) atoms. The molecule has 130 valence electrons. The average Bonchev–Trinajstić information content (AvgIpc) is 2.88. The Labute approximate surface area is 148 Å². The van der Waals surface area contributed by atoms with Gasteiger partial charge in [-0.25, -0.2) is 4.39 Å². The van der Waals surface area contributed by atoms with Gasteiger partial charge in [0.1, 0.15) is 4.62 Å². The fraction of sp³-hybridized carbons (Fsp3) is 0.125. The highest BCUT2D eigenvalue weighted by Crippen LogP contribution is 2.41. The number of hydrogen-bond acceptors (Lipinski definition) is 4. The zero-order valence-corrected chi connectivity index (χ0v) is 14.2. The van der Waals surface area contributed by atoms with E-state index in [4.69, 9.17) is 0 Å². The lowest BCUT2D eigenvalue weighted by molar-refractivity contribution is -0.286. The van der Waals surface area contributed by atoms with Crippen LogP contribution in [0.2, 0.25) is 0 Å². The number of carbonyl (C=O) groups excluding carboxylic acids is 1. The van der Waals surface area contributed by atoms with Crippen LogP contribution >= 0.6 is 15.9 Å². The van der Waals surface area contributed by atoms with Gasteiger partial charge in [0.05, 0.1) is 5.69 Å². The SMILES string of the molecule is CN=C(Br)c1cccc(NC(=O)c2ccc3c(c2)OC(F)(F)O3)c1F. The summed E-state index contributed by atoms with van der Waals surface area (Å²) in [6.07, 6.45) is -3.77. The van der Waals surface area contributed by atoms with Gasteiger partial charge in [0.2, 0.25) is 0 Å². The number of carbonyl (C=O) groups is 1. The van der Waals surface area contributed by atoms with E-state index in [2.05, 4.69) is 35.7 Å². The van der Waals surface area contributed by atoms with Crippen LogP contribution in [0.3, 0.4) is 0 Å². The predicted molar refractivity (Wildman–Crippen MR) is 88.4 cm³/mol. The summed E-state index contributed by atoms with van der Waals surface area (Å²) < 4.78 is 49.3. The topological polar surface area (TPSA) is 59.9 Å². The number of hydrogen-bond donors (Lipinski definition) is 1. The molecule has 1 N–H and O–H groups in total. The summed E-state index contributed by atoms with van der Waals surface area (Å²) >= 11 is 3.12. The molecule has 0 unspecified atom stereocenters. The third-order valence-electron chi connectivity index (χ3n) is 3.33. The Balaban J connectivity index is 1.85. The molecule has 0 saturated heterocycles. The molecular formula is C16H10BrF3N2O3. The Kier molecular flexibility index (Phi) is 4.42. The summed E-state index contributed by atoms with van der Waals surface area (Å²) in [5.41, 5.74) is 0.102. The van der Waals surface area contributed by atoms with Crippen LogP contribution in [0.15, 0.2) is 41.4 Å². The Morgan fingerprint density at radius 1 is 1.20 bits per heavy atom. The van der Waals surface area contributed by atoms with E-state index in [0.29, 0.717) is 0 Å². The van der Waals surface area contributed by atoms with Crippen molar-refractivity contribution in [1.82, 2.24) is 0 Å². The van der Waals surface area contributed by atoms with Crippen molar-refractivity contribution in [3.05, 3.63) is 53.3 Å². The maximum Gasteiger partial charge on any atom is 0.586 e. The summed E-state index contributed by atoms with van der Waals surface area (Å²) in [4.78, 5) is 16.1. The molecule has 3 rings (SSSR count). The molecule has 9 heteroatoms. The molecule has 0 fully saturated rings. The zero-order valence-electron chi connectivity index (χ0n) is 12.6. The summed E-state index contributed by atoms with van der Waals surface area (Å²) in [6, 6.07) is 7.94. The molecule has 0 aromatic heterocycles. The van der Waals surface area contributed by atoms with E-state index in [-0.39, 0.29) is 32.9 Å². The maximum absolute atomic E-state index is 14.4. The fourth-order valence-electron chi connectivity index (χ4n) is 2.19. The Morgan fingerprint density at radius 3 is 2.64 bits per heavy atom. The van der Waals surface area contributed by atoms with Gasteiger partial charge in [-0.1, -0.05) is 6.07 Å². The second-order valence-corrected chi connectivity index (χ2v) is 5.72. The number of alkyl halides is 2. The lowest BCUT2D eigenvalue weighted by Gasteiger charge is -2.09. The van der Waals surface area contributed by atoms with Crippen molar-refractivity contribution in [2.75, 3.05) is 12.4 Å². The highest BCUT2D eigenvalue weighted by molar-refractivity contribution is 9.18. The van der Waals surface area contributed by atoms with Gasteiger partial charge in [-0.15, -0.1) is 8.78 Å². The van der Waals surface area contributed by atoms with Crippen molar-refractivity contribution in [3.8, 4) is 11.5 Å². The maximum atomic E-state index is 14.4. The number of halogens is 4. The second-order valence-electron chi connectivity index (χ2n) is 4.96. The highest BCUT2D eigenvalue weighted by Gasteiger charge is 2.43. The van der Waals surface area contributed by atoms with Gasteiger partial charge in [0, 0.05) is 18.2 Å². The zero-order chi connectivity index (χ0) is 18.2. The molecule has 0 spiro atoms.